The largest absolute Gasteiger partial charge is 0.391 e. The van der Waals surface area contributed by atoms with E-state index in [4.69, 9.17) is 16.5 Å². The number of hydrogen-bond acceptors (Lipinski definition) is 7. The maximum absolute atomic E-state index is 13.6. The van der Waals surface area contributed by atoms with Gasteiger partial charge in [-0.1, -0.05) is 24.3 Å². The zero-order chi connectivity index (χ0) is 24.1. The van der Waals surface area contributed by atoms with Gasteiger partial charge in [0, 0.05) is 31.7 Å². The van der Waals surface area contributed by atoms with E-state index in [-0.39, 0.29) is 12.4 Å². The predicted octanol–water partition coefficient (Wildman–Crippen LogP) is 1.92. The number of carbonyl (C=O) groups is 1. The Morgan fingerprint density at radius 3 is 2.74 bits per heavy atom. The van der Waals surface area contributed by atoms with Crippen LogP contribution < -0.4 is 21.7 Å². The average Bonchev–Trinajstić information content (AvgIpc) is 3.26. The summed E-state index contributed by atoms with van der Waals surface area (Å²) in [5, 5.41) is 13.2. The van der Waals surface area contributed by atoms with Crippen LogP contribution in [0.1, 0.15) is 34.9 Å². The highest BCUT2D eigenvalue weighted by molar-refractivity contribution is 5.87. The van der Waals surface area contributed by atoms with Crippen LogP contribution in [0.2, 0.25) is 0 Å². The molecule has 2 atom stereocenters. The first-order chi connectivity index (χ1) is 16.4. The third-order valence-electron chi connectivity index (χ3n) is 5.92. The van der Waals surface area contributed by atoms with Crippen LogP contribution in [-0.2, 0) is 17.8 Å². The Bertz CT molecular complexity index is 1160. The molecule has 9 heteroatoms. The van der Waals surface area contributed by atoms with Crippen molar-refractivity contribution >= 4 is 17.5 Å². The Morgan fingerprint density at radius 2 is 2.03 bits per heavy atom. The lowest BCUT2D eigenvalue weighted by atomic mass is 9.94. The zero-order valence-corrected chi connectivity index (χ0v) is 18.8. The summed E-state index contributed by atoms with van der Waals surface area (Å²) in [6.45, 7) is 1.90. The Morgan fingerprint density at radius 1 is 1.21 bits per heavy atom. The summed E-state index contributed by atoms with van der Waals surface area (Å²) in [6.07, 6.45) is 0.839. The minimum absolute atomic E-state index is 0.243. The summed E-state index contributed by atoms with van der Waals surface area (Å²) in [4.78, 5) is 23.9. The third-order valence-corrected chi connectivity index (χ3v) is 5.92. The first-order valence-electron chi connectivity index (χ1n) is 11.3. The highest BCUT2D eigenvalue weighted by Crippen LogP contribution is 2.31. The zero-order valence-electron chi connectivity index (χ0n) is 18.8. The van der Waals surface area contributed by atoms with E-state index in [9.17, 15) is 14.3 Å². The Balaban J connectivity index is 1.66. The van der Waals surface area contributed by atoms with Crippen LogP contribution in [0.5, 0.6) is 0 Å². The molecule has 1 fully saturated rings. The lowest BCUT2D eigenvalue weighted by molar-refractivity contribution is -0.118. The van der Waals surface area contributed by atoms with E-state index in [1.807, 2.05) is 23.1 Å². The minimum Gasteiger partial charge on any atom is -0.391 e. The number of aromatic nitrogens is 2. The van der Waals surface area contributed by atoms with Crippen LogP contribution in [-0.4, -0.2) is 46.7 Å². The fraction of sp³-hybridized carbons (Fsp3) is 0.320. The summed E-state index contributed by atoms with van der Waals surface area (Å²) >= 11 is 0. The van der Waals surface area contributed by atoms with Gasteiger partial charge in [-0.15, -0.1) is 0 Å². The number of benzene rings is 1. The van der Waals surface area contributed by atoms with Crippen LogP contribution in [0.3, 0.4) is 0 Å². The lowest BCUT2D eigenvalue weighted by Crippen LogP contribution is -2.27. The van der Waals surface area contributed by atoms with Gasteiger partial charge in [0.05, 0.1) is 17.5 Å². The Kier molecular flexibility index (Phi) is 7.34. The van der Waals surface area contributed by atoms with Gasteiger partial charge < -0.3 is 26.8 Å². The third kappa shape index (κ3) is 5.49. The number of nitrogens with one attached hydrogen (secondary N) is 1. The molecule has 1 aliphatic heterocycles. The van der Waals surface area contributed by atoms with Crippen molar-refractivity contribution in [3.8, 4) is 0 Å². The fourth-order valence-electron chi connectivity index (χ4n) is 4.21. The van der Waals surface area contributed by atoms with Crippen molar-refractivity contribution in [2.75, 3.05) is 29.9 Å². The normalized spacial score (nSPS) is 16.4. The van der Waals surface area contributed by atoms with Gasteiger partial charge in [-0.05, 0) is 48.7 Å². The van der Waals surface area contributed by atoms with Gasteiger partial charge in [-0.3, -0.25) is 9.78 Å². The number of nitrogens with zero attached hydrogens (tertiary/aromatic N) is 3. The molecule has 34 heavy (non-hydrogen) atoms. The number of nitrogens with two attached hydrogens (primary N) is 2. The number of anilines is 2. The molecule has 178 valence electrons. The van der Waals surface area contributed by atoms with Crippen molar-refractivity contribution in [1.82, 2.24) is 9.97 Å². The van der Waals surface area contributed by atoms with Crippen LogP contribution in [0.4, 0.5) is 16.0 Å². The number of aliphatic hydroxyl groups is 1. The van der Waals surface area contributed by atoms with E-state index < -0.39 is 17.9 Å². The number of primary amides is 1. The standard InChI is InChI=1S/C25H29FN6O2/c26-17-4-1-3-16(13-17)9-11-29-25-20(7-8-22(31-25)32-12-10-19(33)15-32)23(24(28)34)21-6-2-5-18(14-27)30-21/h1-8,13,19,23,33H,9-12,14-15,27H2,(H2,28,34)(H,29,31)/t19-,23?/m0/s1. The van der Waals surface area contributed by atoms with Crippen LogP contribution in [0, 0.1) is 5.82 Å². The van der Waals surface area contributed by atoms with Crippen molar-refractivity contribution in [2.24, 2.45) is 11.5 Å². The summed E-state index contributed by atoms with van der Waals surface area (Å²) in [5.41, 5.74) is 14.2. The van der Waals surface area contributed by atoms with Crippen molar-refractivity contribution in [1.29, 1.82) is 0 Å². The summed E-state index contributed by atoms with van der Waals surface area (Å²) in [5.74, 6) is -0.472. The van der Waals surface area contributed by atoms with Crippen LogP contribution in [0.15, 0.2) is 54.6 Å². The van der Waals surface area contributed by atoms with Gasteiger partial charge in [0.15, 0.2) is 0 Å². The SMILES string of the molecule is NCc1cccc(C(C(N)=O)c2ccc(N3CC[C@H](O)C3)nc2NCCc2cccc(F)c2)n1. The molecule has 3 heterocycles. The molecule has 3 aromatic rings. The number of halogens is 1. The van der Waals surface area contributed by atoms with Crippen molar-refractivity contribution in [3.05, 3.63) is 82.9 Å². The number of aliphatic hydroxyl groups excluding tert-OH is 1. The van der Waals surface area contributed by atoms with Crippen LogP contribution >= 0.6 is 0 Å². The van der Waals surface area contributed by atoms with Gasteiger partial charge >= 0.3 is 0 Å². The number of rotatable bonds is 9. The molecule has 0 aliphatic carbocycles. The molecule has 1 amide bonds. The highest BCUT2D eigenvalue weighted by atomic mass is 19.1. The van der Waals surface area contributed by atoms with E-state index in [1.54, 1.807) is 24.3 Å². The predicted molar refractivity (Wildman–Crippen MR) is 129 cm³/mol. The molecule has 4 rings (SSSR count). The van der Waals surface area contributed by atoms with Gasteiger partial charge in [-0.25, -0.2) is 9.37 Å². The fourth-order valence-corrected chi connectivity index (χ4v) is 4.21. The first-order valence-corrected chi connectivity index (χ1v) is 11.3. The van der Waals surface area contributed by atoms with E-state index >= 15 is 0 Å². The molecular formula is C25H29FN6O2. The van der Waals surface area contributed by atoms with Gasteiger partial charge in [-0.2, -0.15) is 0 Å². The first kappa shape index (κ1) is 23.6. The number of pyridine rings is 2. The molecule has 0 radical (unpaired) electrons. The number of β-amino-alcohol motifs (C(OH)–C–C–N with tert-alkyl or cyclic N) is 1. The average molecular weight is 465 g/mol. The van der Waals surface area contributed by atoms with Gasteiger partial charge in [0.25, 0.3) is 0 Å². The van der Waals surface area contributed by atoms with E-state index in [0.29, 0.717) is 61.1 Å². The molecule has 1 aromatic carbocycles. The van der Waals surface area contributed by atoms with Gasteiger partial charge in [0.1, 0.15) is 23.4 Å². The van der Waals surface area contributed by atoms with E-state index in [2.05, 4.69) is 10.3 Å². The maximum Gasteiger partial charge on any atom is 0.231 e. The van der Waals surface area contributed by atoms with Crippen molar-refractivity contribution in [2.45, 2.75) is 31.4 Å². The Labute approximate surface area is 197 Å². The molecule has 2 aromatic heterocycles. The quantitative estimate of drug-likeness (QED) is 0.381. The van der Waals surface area contributed by atoms with Crippen LogP contribution in [0.25, 0.3) is 0 Å². The van der Waals surface area contributed by atoms with E-state index in [1.165, 1.54) is 12.1 Å². The smallest absolute Gasteiger partial charge is 0.231 e. The molecule has 6 N–H and O–H groups in total. The topological polar surface area (TPSA) is 130 Å². The molecule has 0 bridgehead atoms. The summed E-state index contributed by atoms with van der Waals surface area (Å²) in [7, 11) is 0. The van der Waals surface area contributed by atoms with Crippen molar-refractivity contribution in [3.63, 3.8) is 0 Å². The molecule has 8 nitrogen and oxygen atoms in total. The molecule has 0 saturated carbocycles. The minimum atomic E-state index is -0.825. The highest BCUT2D eigenvalue weighted by Gasteiger charge is 2.28. The second-order valence-corrected chi connectivity index (χ2v) is 8.40. The molecular weight excluding hydrogens is 435 g/mol. The summed E-state index contributed by atoms with van der Waals surface area (Å²) in [6, 6.07) is 15.4. The maximum atomic E-state index is 13.6. The number of hydrogen-bond donors (Lipinski definition) is 4. The monoisotopic (exact) mass is 464 g/mol. The lowest BCUT2D eigenvalue weighted by Gasteiger charge is -2.22. The number of amides is 1. The second-order valence-electron chi connectivity index (χ2n) is 8.40. The van der Waals surface area contributed by atoms with Crippen molar-refractivity contribution < 1.29 is 14.3 Å². The molecule has 1 aliphatic rings. The van der Waals surface area contributed by atoms with Gasteiger partial charge in [0.2, 0.25) is 5.91 Å². The second kappa shape index (κ2) is 10.6. The molecule has 1 unspecified atom stereocenters. The Hall–Kier alpha value is -3.56. The summed E-state index contributed by atoms with van der Waals surface area (Å²) < 4.78 is 13.6. The molecule has 1 saturated heterocycles. The molecule has 0 spiro atoms. The van der Waals surface area contributed by atoms with E-state index in [0.717, 1.165) is 5.56 Å². The number of carbonyl (C=O) groups excluding carboxylic acids is 1.